The van der Waals surface area contributed by atoms with Crippen LogP contribution in [-0.4, -0.2) is 38.6 Å². The second-order valence-corrected chi connectivity index (χ2v) is 13.0. The Morgan fingerprint density at radius 1 is 0.745 bits per heavy atom. The van der Waals surface area contributed by atoms with E-state index >= 15 is 0 Å². The maximum absolute atomic E-state index is 14.1. The molecule has 9 nitrogen and oxygen atoms in total. The van der Waals surface area contributed by atoms with Crippen molar-refractivity contribution >= 4 is 39.5 Å². The third-order valence-corrected chi connectivity index (χ3v) is 9.52. The summed E-state index contributed by atoms with van der Waals surface area (Å²) in [5.41, 5.74) is 13.4. The lowest BCUT2D eigenvalue weighted by molar-refractivity contribution is -0.126. The number of nitrogens with one attached hydrogen (secondary N) is 4. The summed E-state index contributed by atoms with van der Waals surface area (Å²) in [4.78, 5) is 49.5. The highest BCUT2D eigenvalue weighted by Gasteiger charge is 2.44. The fraction of sp³-hybridized carbons (Fsp3) is 0.119. The van der Waals surface area contributed by atoms with E-state index in [1.807, 2.05) is 98.8 Å². The Labute approximate surface area is 294 Å². The molecule has 1 aliphatic rings. The van der Waals surface area contributed by atoms with Crippen LogP contribution in [0.1, 0.15) is 56.1 Å². The number of aryl methyl sites for hydroxylation is 2. The highest BCUT2D eigenvalue weighted by Crippen LogP contribution is 2.46. The van der Waals surface area contributed by atoms with Gasteiger partial charge >= 0.3 is 0 Å². The number of fused-ring (bicyclic) bond motifs is 3. The minimum atomic E-state index is -0.946. The van der Waals surface area contributed by atoms with Gasteiger partial charge < -0.3 is 19.6 Å². The number of benzene rings is 5. The van der Waals surface area contributed by atoms with Gasteiger partial charge in [-0.1, -0.05) is 78.4 Å². The van der Waals surface area contributed by atoms with Crippen LogP contribution in [-0.2, 0) is 4.79 Å². The van der Waals surface area contributed by atoms with E-state index in [4.69, 9.17) is 4.74 Å². The van der Waals surface area contributed by atoms with E-state index in [1.165, 1.54) is 0 Å². The summed E-state index contributed by atoms with van der Waals surface area (Å²) >= 11 is 0. The number of aromatic nitrogens is 2. The van der Waals surface area contributed by atoms with Crippen molar-refractivity contribution < 1.29 is 19.1 Å². The molecule has 0 radical (unpaired) electrons. The molecule has 0 saturated heterocycles. The standard InChI is InChI=1S/C42H35N5O4/c1-24-15-17-27(18-16-24)38-37(33-13-6-7-14-35(33)44-38)39-31-11-4-5-12-32(31)42(50)47(39)26(3)40(48)45-46-41(49)36-23-28-22-30(19-20-34(28)43-36)51-29-10-8-9-25(2)21-29/h4-23,26,39,43-44H,1-3H3,(H,45,48)(H,46,49). The van der Waals surface area contributed by atoms with Crippen molar-refractivity contribution in [2.75, 3.05) is 0 Å². The molecule has 0 fully saturated rings. The van der Waals surface area contributed by atoms with E-state index in [9.17, 15) is 14.4 Å². The first-order valence-corrected chi connectivity index (χ1v) is 16.8. The Hall–Kier alpha value is -6.61. The fourth-order valence-electron chi connectivity index (χ4n) is 6.95. The second-order valence-electron chi connectivity index (χ2n) is 13.0. The Bertz CT molecular complexity index is 2480. The molecule has 9 heteroatoms. The first-order valence-electron chi connectivity index (χ1n) is 16.8. The van der Waals surface area contributed by atoms with Crippen LogP contribution >= 0.6 is 0 Å². The normalized spacial score (nSPS) is 14.5. The van der Waals surface area contributed by atoms with Crippen LogP contribution in [0.5, 0.6) is 11.5 Å². The smallest absolute Gasteiger partial charge is 0.286 e. The lowest BCUT2D eigenvalue weighted by atomic mass is 9.92. The van der Waals surface area contributed by atoms with Crippen molar-refractivity contribution in [1.29, 1.82) is 0 Å². The third kappa shape index (κ3) is 5.78. The van der Waals surface area contributed by atoms with Gasteiger partial charge in [-0.05, 0) is 86.0 Å². The minimum absolute atomic E-state index is 0.259. The maximum atomic E-state index is 14.1. The van der Waals surface area contributed by atoms with E-state index in [2.05, 4.69) is 45.1 Å². The van der Waals surface area contributed by atoms with Gasteiger partial charge in [-0.2, -0.15) is 0 Å². The van der Waals surface area contributed by atoms with Crippen LogP contribution in [0.25, 0.3) is 33.1 Å². The molecule has 0 spiro atoms. The highest BCUT2D eigenvalue weighted by molar-refractivity contribution is 6.05. The average molecular weight is 674 g/mol. The number of carbonyl (C=O) groups excluding carboxylic acids is 3. The Kier molecular flexibility index (Phi) is 7.87. The molecule has 0 saturated carbocycles. The molecule has 2 atom stereocenters. The Balaban J connectivity index is 1.06. The number of aromatic amines is 2. The molecule has 252 valence electrons. The third-order valence-electron chi connectivity index (χ3n) is 9.52. The minimum Gasteiger partial charge on any atom is -0.457 e. The van der Waals surface area contributed by atoms with Crippen molar-refractivity contribution in [3.05, 3.63) is 155 Å². The molecule has 51 heavy (non-hydrogen) atoms. The number of rotatable bonds is 7. The highest BCUT2D eigenvalue weighted by atomic mass is 16.5. The number of hydrogen-bond donors (Lipinski definition) is 4. The zero-order valence-corrected chi connectivity index (χ0v) is 28.3. The summed E-state index contributed by atoms with van der Waals surface area (Å²) in [5.74, 6) is 0.0318. The molecule has 5 aromatic carbocycles. The summed E-state index contributed by atoms with van der Waals surface area (Å²) in [6, 6.07) is 37.2. The molecule has 7 aromatic rings. The first kappa shape index (κ1) is 31.6. The SMILES string of the molecule is Cc1ccc(-c2[nH]c3ccccc3c2C2c3ccccc3C(=O)N2C(C)C(=O)NNC(=O)c2cc3cc(Oc4cccc(C)c4)ccc3[nH]2)cc1. The molecule has 3 amide bonds. The average Bonchev–Trinajstić information content (AvgIpc) is 3.82. The van der Waals surface area contributed by atoms with Gasteiger partial charge in [-0.3, -0.25) is 25.2 Å². The lowest BCUT2D eigenvalue weighted by Gasteiger charge is -2.31. The number of hydrogen-bond acceptors (Lipinski definition) is 4. The molecular weight excluding hydrogens is 638 g/mol. The summed E-state index contributed by atoms with van der Waals surface area (Å²) in [5, 5.41) is 1.73. The molecular formula is C42H35N5O4. The molecule has 4 N–H and O–H groups in total. The van der Waals surface area contributed by atoms with Crippen molar-refractivity contribution in [2.45, 2.75) is 32.9 Å². The van der Waals surface area contributed by atoms with E-state index in [0.717, 1.165) is 61.1 Å². The first-order chi connectivity index (χ1) is 24.7. The molecule has 2 aromatic heterocycles. The van der Waals surface area contributed by atoms with E-state index in [-0.39, 0.29) is 11.6 Å². The topological polar surface area (TPSA) is 119 Å². The molecule has 1 aliphatic heterocycles. The summed E-state index contributed by atoms with van der Waals surface area (Å²) in [6.07, 6.45) is 0. The number of carbonyl (C=O) groups is 3. The van der Waals surface area contributed by atoms with Crippen molar-refractivity contribution in [3.8, 4) is 22.8 Å². The summed E-state index contributed by atoms with van der Waals surface area (Å²) in [7, 11) is 0. The zero-order chi connectivity index (χ0) is 35.2. The van der Waals surface area contributed by atoms with Crippen LogP contribution in [0.3, 0.4) is 0 Å². The monoisotopic (exact) mass is 673 g/mol. The molecule has 2 unspecified atom stereocenters. The van der Waals surface area contributed by atoms with Gasteiger partial charge in [0.2, 0.25) is 0 Å². The van der Waals surface area contributed by atoms with Gasteiger partial charge in [0.1, 0.15) is 23.2 Å². The predicted octanol–water partition coefficient (Wildman–Crippen LogP) is 8.12. The maximum Gasteiger partial charge on any atom is 0.286 e. The Morgan fingerprint density at radius 3 is 2.33 bits per heavy atom. The lowest BCUT2D eigenvalue weighted by Crippen LogP contribution is -2.52. The zero-order valence-electron chi connectivity index (χ0n) is 28.3. The number of amides is 3. The second kappa shape index (κ2) is 12.7. The van der Waals surface area contributed by atoms with Crippen molar-refractivity contribution in [3.63, 3.8) is 0 Å². The van der Waals surface area contributed by atoms with Gasteiger partial charge in [-0.15, -0.1) is 0 Å². The van der Waals surface area contributed by atoms with E-state index < -0.39 is 23.9 Å². The van der Waals surface area contributed by atoms with Gasteiger partial charge in [0.15, 0.2) is 0 Å². The molecule has 3 heterocycles. The quantitative estimate of drug-likeness (QED) is 0.128. The van der Waals surface area contributed by atoms with Crippen LogP contribution in [0.2, 0.25) is 0 Å². The number of hydrazine groups is 1. The number of para-hydroxylation sites is 1. The van der Waals surface area contributed by atoms with Crippen molar-refractivity contribution in [2.24, 2.45) is 0 Å². The number of ether oxygens (including phenoxy) is 1. The largest absolute Gasteiger partial charge is 0.457 e. The van der Waals surface area contributed by atoms with Gasteiger partial charge in [0.25, 0.3) is 17.7 Å². The van der Waals surface area contributed by atoms with Crippen LogP contribution < -0.4 is 15.6 Å². The molecule has 0 aliphatic carbocycles. The Morgan fingerprint density at radius 2 is 1.51 bits per heavy atom. The van der Waals surface area contributed by atoms with Crippen LogP contribution in [0, 0.1) is 13.8 Å². The van der Waals surface area contributed by atoms with E-state index in [1.54, 1.807) is 24.0 Å². The van der Waals surface area contributed by atoms with E-state index in [0.29, 0.717) is 11.3 Å². The number of nitrogens with zero attached hydrogens (tertiary/aromatic N) is 1. The van der Waals surface area contributed by atoms with Gasteiger partial charge in [-0.25, -0.2) is 0 Å². The summed E-state index contributed by atoms with van der Waals surface area (Å²) < 4.78 is 6.01. The summed E-state index contributed by atoms with van der Waals surface area (Å²) in [6.45, 7) is 5.72. The predicted molar refractivity (Wildman–Crippen MR) is 198 cm³/mol. The molecule has 8 rings (SSSR count). The fourth-order valence-corrected chi connectivity index (χ4v) is 6.95. The van der Waals surface area contributed by atoms with Crippen molar-refractivity contribution in [1.82, 2.24) is 25.7 Å². The van der Waals surface area contributed by atoms with Crippen LogP contribution in [0.15, 0.2) is 121 Å². The van der Waals surface area contributed by atoms with Crippen LogP contribution in [0.4, 0.5) is 0 Å². The molecule has 0 bridgehead atoms. The van der Waals surface area contributed by atoms with Gasteiger partial charge in [0, 0.05) is 32.9 Å². The number of H-pyrrole nitrogens is 2. The van der Waals surface area contributed by atoms with Gasteiger partial charge in [0.05, 0.1) is 11.7 Å².